The van der Waals surface area contributed by atoms with Gasteiger partial charge in [0.05, 0.1) is 11.4 Å². The first-order chi connectivity index (χ1) is 17.1. The van der Waals surface area contributed by atoms with Gasteiger partial charge in [-0.05, 0) is 55.5 Å². The summed E-state index contributed by atoms with van der Waals surface area (Å²) in [5.41, 5.74) is 1.44. The van der Waals surface area contributed by atoms with E-state index in [4.69, 9.17) is 15.9 Å². The molecule has 6 nitrogen and oxygen atoms in total. The van der Waals surface area contributed by atoms with Crippen molar-refractivity contribution >= 4 is 14.0 Å². The van der Waals surface area contributed by atoms with Gasteiger partial charge in [0.25, 0.3) is 0 Å². The lowest BCUT2D eigenvalue weighted by molar-refractivity contribution is -0.145. The molecule has 2 aromatic carbocycles. The summed E-state index contributed by atoms with van der Waals surface area (Å²) in [6.07, 6.45) is 7.27. The molecule has 0 radical (unpaired) electrons. The Kier molecular flexibility index (Phi) is 6.90. The van der Waals surface area contributed by atoms with Crippen molar-refractivity contribution < 1.29 is 28.5 Å². The molecule has 36 heavy (non-hydrogen) atoms. The number of hydrogen-bond donors (Lipinski definition) is 2. The highest BCUT2D eigenvalue weighted by atomic mass is 31.1. The first-order valence-electron chi connectivity index (χ1n) is 11.5. The van der Waals surface area contributed by atoms with Gasteiger partial charge in [0.2, 0.25) is 13.2 Å². The number of carbonyl (C=O) groups is 1. The molecule has 1 aliphatic carbocycles. The van der Waals surface area contributed by atoms with E-state index >= 15 is 0 Å². The fourth-order valence-electron chi connectivity index (χ4n) is 4.79. The molecule has 8 heteroatoms. The van der Waals surface area contributed by atoms with Gasteiger partial charge in [-0.15, -0.1) is 6.42 Å². The smallest absolute Gasteiger partial charge is 0.335 e. The van der Waals surface area contributed by atoms with E-state index in [2.05, 4.69) is 5.92 Å². The van der Waals surface area contributed by atoms with Crippen molar-refractivity contribution in [3.63, 3.8) is 0 Å². The summed E-state index contributed by atoms with van der Waals surface area (Å²) >= 11 is 0. The van der Waals surface area contributed by atoms with Crippen LogP contribution in [0.4, 0.5) is 4.39 Å². The van der Waals surface area contributed by atoms with Gasteiger partial charge in [0, 0.05) is 24.2 Å². The second-order valence-corrected chi connectivity index (χ2v) is 10.9. The lowest BCUT2D eigenvalue weighted by Crippen LogP contribution is -2.53. The molecule has 1 heterocycles. The maximum atomic E-state index is 13.9. The molecule has 3 aromatic rings. The molecule has 0 saturated heterocycles. The molecule has 186 valence electrons. The van der Waals surface area contributed by atoms with Gasteiger partial charge in [-0.2, -0.15) is 0 Å². The minimum Gasteiger partial charge on any atom is -0.480 e. The number of hydrogen-bond acceptors (Lipinski definition) is 5. The van der Waals surface area contributed by atoms with Crippen LogP contribution in [0.5, 0.6) is 0 Å². The monoisotopic (exact) mass is 507 g/mol. The van der Waals surface area contributed by atoms with Crippen LogP contribution in [-0.4, -0.2) is 33.4 Å². The third-order valence-electron chi connectivity index (χ3n) is 6.86. The Morgan fingerprint density at radius 1 is 1.17 bits per heavy atom. The van der Waals surface area contributed by atoms with Gasteiger partial charge in [-0.3, -0.25) is 9.55 Å². The van der Waals surface area contributed by atoms with Gasteiger partial charge < -0.3 is 14.7 Å². The standard InChI is InChI=1S/C28H27FNO5P/c1-5-28(26(31)32,36(34)35-4)27(3,33)23-22(18-13-15-21(29)16-14-18)17(2)24(19-9-7-6-8-10-19)30-25(23)20-11-12-20/h1,6-10,13-16,20,33,36H,11-12H2,2-4H3,(H,31,32). The lowest BCUT2D eigenvalue weighted by atomic mass is 9.75. The summed E-state index contributed by atoms with van der Waals surface area (Å²) in [6, 6.07) is 15.2. The average Bonchev–Trinajstić information content (AvgIpc) is 3.70. The van der Waals surface area contributed by atoms with E-state index in [9.17, 15) is 24.0 Å². The molecule has 1 aromatic heterocycles. The van der Waals surface area contributed by atoms with Crippen molar-refractivity contribution in [2.45, 2.75) is 43.4 Å². The van der Waals surface area contributed by atoms with Crippen molar-refractivity contribution in [2.24, 2.45) is 0 Å². The summed E-state index contributed by atoms with van der Waals surface area (Å²) in [6.45, 7) is 3.06. The molecule has 4 rings (SSSR count). The molecule has 0 aliphatic heterocycles. The first kappa shape index (κ1) is 25.8. The van der Waals surface area contributed by atoms with Crippen molar-refractivity contribution in [3.05, 3.63) is 77.2 Å². The molecule has 1 fully saturated rings. The van der Waals surface area contributed by atoms with Crippen LogP contribution in [0.25, 0.3) is 22.4 Å². The molecule has 2 N–H and O–H groups in total. The van der Waals surface area contributed by atoms with Gasteiger partial charge >= 0.3 is 5.97 Å². The van der Waals surface area contributed by atoms with E-state index in [0.29, 0.717) is 28.1 Å². The van der Waals surface area contributed by atoms with Gasteiger partial charge in [0.15, 0.2) is 0 Å². The first-order valence-corrected chi connectivity index (χ1v) is 12.8. The third-order valence-corrected chi connectivity index (χ3v) is 8.69. The zero-order chi connectivity index (χ0) is 26.3. The van der Waals surface area contributed by atoms with Crippen LogP contribution >= 0.6 is 8.03 Å². The number of rotatable bonds is 8. The molecular weight excluding hydrogens is 480 g/mol. The number of nitrogens with zero attached hydrogens (tertiary/aromatic N) is 1. The normalized spacial score (nSPS) is 17.4. The molecule has 0 bridgehead atoms. The number of terminal acetylenes is 1. The van der Waals surface area contributed by atoms with Crippen LogP contribution in [0.15, 0.2) is 54.6 Å². The van der Waals surface area contributed by atoms with E-state index in [1.54, 1.807) is 12.1 Å². The molecular formula is C28H27FNO5P. The van der Waals surface area contributed by atoms with Crippen LogP contribution < -0.4 is 0 Å². The average molecular weight is 507 g/mol. The molecule has 0 amide bonds. The predicted molar refractivity (Wildman–Crippen MR) is 137 cm³/mol. The Hall–Kier alpha value is -3.30. The van der Waals surface area contributed by atoms with E-state index in [-0.39, 0.29) is 11.5 Å². The van der Waals surface area contributed by atoms with Crippen LogP contribution in [0.2, 0.25) is 0 Å². The van der Waals surface area contributed by atoms with Crippen molar-refractivity contribution in [3.8, 4) is 34.7 Å². The maximum absolute atomic E-state index is 13.9. The Morgan fingerprint density at radius 2 is 1.78 bits per heavy atom. The molecule has 1 aliphatic rings. The van der Waals surface area contributed by atoms with Gasteiger partial charge in [-0.25, -0.2) is 9.18 Å². The van der Waals surface area contributed by atoms with Crippen molar-refractivity contribution in [1.82, 2.24) is 4.98 Å². The predicted octanol–water partition coefficient (Wildman–Crippen LogP) is 5.53. The van der Waals surface area contributed by atoms with Crippen LogP contribution in [0.1, 0.15) is 42.5 Å². The molecule has 0 spiro atoms. The SMILES string of the molecule is C#CC(C(=O)O)([PH](=O)OC)C(C)(O)c1c(C2CC2)nc(-c2ccccc2)c(C)c1-c1ccc(F)cc1. The Balaban J connectivity index is 2.17. The fourth-order valence-corrected chi connectivity index (χ4v) is 5.91. The largest absolute Gasteiger partial charge is 0.480 e. The van der Waals surface area contributed by atoms with Crippen LogP contribution in [0.3, 0.4) is 0 Å². The number of halogens is 1. The van der Waals surface area contributed by atoms with E-state index in [1.807, 2.05) is 37.3 Å². The van der Waals surface area contributed by atoms with Crippen LogP contribution in [-0.2, 0) is 19.5 Å². The Labute approximate surface area is 210 Å². The zero-order valence-corrected chi connectivity index (χ0v) is 21.2. The fraction of sp³-hybridized carbons (Fsp3) is 0.286. The quantitative estimate of drug-likeness (QED) is 0.308. The minimum atomic E-state index is -3.50. The summed E-state index contributed by atoms with van der Waals surface area (Å²) in [4.78, 5) is 17.5. The number of benzene rings is 2. The number of pyridine rings is 1. The lowest BCUT2D eigenvalue weighted by Gasteiger charge is -2.40. The van der Waals surface area contributed by atoms with Crippen molar-refractivity contribution in [2.75, 3.05) is 7.11 Å². The summed E-state index contributed by atoms with van der Waals surface area (Å²) < 4.78 is 31.9. The number of aliphatic carboxylic acids is 1. The summed E-state index contributed by atoms with van der Waals surface area (Å²) in [5.74, 6) is -0.0261. The Morgan fingerprint density at radius 3 is 2.28 bits per heavy atom. The second kappa shape index (κ2) is 9.63. The molecule has 3 atom stereocenters. The number of carboxylic acids is 1. The van der Waals surface area contributed by atoms with Crippen LogP contribution in [0, 0.1) is 25.1 Å². The second-order valence-electron chi connectivity index (χ2n) is 9.13. The molecule has 3 unspecified atom stereocenters. The van der Waals surface area contributed by atoms with E-state index in [0.717, 1.165) is 25.5 Å². The number of aliphatic hydroxyl groups is 1. The maximum Gasteiger partial charge on any atom is 0.335 e. The number of aromatic nitrogens is 1. The zero-order valence-electron chi connectivity index (χ0n) is 20.2. The minimum absolute atomic E-state index is 0.0529. The summed E-state index contributed by atoms with van der Waals surface area (Å²) in [7, 11) is -2.41. The highest BCUT2D eigenvalue weighted by Gasteiger charge is 2.61. The highest BCUT2D eigenvalue weighted by Crippen LogP contribution is 2.57. The highest BCUT2D eigenvalue weighted by molar-refractivity contribution is 7.43. The van der Waals surface area contributed by atoms with Crippen molar-refractivity contribution in [1.29, 1.82) is 0 Å². The van der Waals surface area contributed by atoms with E-state index in [1.165, 1.54) is 19.1 Å². The number of carboxylic acid groups (broad SMARTS) is 1. The van der Waals surface area contributed by atoms with Gasteiger partial charge in [0.1, 0.15) is 11.4 Å². The topological polar surface area (TPSA) is 96.7 Å². The summed E-state index contributed by atoms with van der Waals surface area (Å²) in [5, 5.41) is 19.8. The molecule has 1 saturated carbocycles. The Bertz CT molecular complexity index is 1380. The third kappa shape index (κ3) is 4.06. The van der Waals surface area contributed by atoms with Gasteiger partial charge in [-0.1, -0.05) is 48.4 Å². The van der Waals surface area contributed by atoms with E-state index < -0.39 is 30.6 Å².